The fourth-order valence-electron chi connectivity index (χ4n) is 6.06. The van der Waals surface area contributed by atoms with Gasteiger partial charge in [0.05, 0.1) is 0 Å². The fourth-order valence-corrected chi connectivity index (χ4v) is 6.06. The number of rotatable bonds is 4. The summed E-state index contributed by atoms with van der Waals surface area (Å²) >= 11 is 0. The zero-order chi connectivity index (χ0) is 14.4. The van der Waals surface area contributed by atoms with Crippen LogP contribution in [0.4, 0.5) is 0 Å². The summed E-state index contributed by atoms with van der Waals surface area (Å²) in [6.45, 7) is 10.0. The van der Waals surface area contributed by atoms with Crippen LogP contribution in [0.1, 0.15) is 85.5 Å². The predicted octanol–water partition coefficient (Wildman–Crippen LogP) is 5.15. The van der Waals surface area contributed by atoms with E-state index in [0.717, 1.165) is 23.9 Å². The molecule has 0 amide bonds. The summed E-state index contributed by atoms with van der Waals surface area (Å²) < 4.78 is 0. The van der Waals surface area contributed by atoms with Gasteiger partial charge in [0.2, 0.25) is 0 Å². The van der Waals surface area contributed by atoms with Gasteiger partial charge in [-0.05, 0) is 61.2 Å². The number of fused-ring (bicyclic) bond motifs is 2. The minimum Gasteiger partial charge on any atom is -0.310 e. The van der Waals surface area contributed by atoms with Crippen molar-refractivity contribution in [1.82, 2.24) is 5.32 Å². The van der Waals surface area contributed by atoms with Crippen LogP contribution in [0, 0.1) is 22.7 Å². The van der Waals surface area contributed by atoms with Crippen molar-refractivity contribution in [3.05, 3.63) is 0 Å². The van der Waals surface area contributed by atoms with Gasteiger partial charge in [-0.3, -0.25) is 0 Å². The molecule has 3 aliphatic rings. The Morgan fingerprint density at radius 3 is 2.30 bits per heavy atom. The Labute approximate surface area is 126 Å². The molecule has 0 radical (unpaired) electrons. The summed E-state index contributed by atoms with van der Waals surface area (Å²) in [7, 11) is 0. The summed E-state index contributed by atoms with van der Waals surface area (Å²) in [5, 5.41) is 4.20. The van der Waals surface area contributed by atoms with Crippen molar-refractivity contribution >= 4 is 0 Å². The lowest BCUT2D eigenvalue weighted by Crippen LogP contribution is -2.55. The maximum absolute atomic E-state index is 4.20. The predicted molar refractivity (Wildman–Crippen MR) is 86.8 cm³/mol. The normalized spacial score (nSPS) is 42.0. The summed E-state index contributed by atoms with van der Waals surface area (Å²) in [4.78, 5) is 0. The second kappa shape index (κ2) is 5.30. The summed E-state index contributed by atoms with van der Waals surface area (Å²) in [6.07, 6.45) is 13.1. The second-order valence-corrected chi connectivity index (χ2v) is 8.93. The smallest absolute Gasteiger partial charge is 0.0177 e. The van der Waals surface area contributed by atoms with E-state index < -0.39 is 0 Å². The lowest BCUT2D eigenvalue weighted by atomic mass is 9.67. The van der Waals surface area contributed by atoms with Crippen LogP contribution in [0.15, 0.2) is 0 Å². The van der Waals surface area contributed by atoms with E-state index in [1.54, 1.807) is 0 Å². The first kappa shape index (κ1) is 14.9. The molecule has 4 atom stereocenters. The van der Waals surface area contributed by atoms with Crippen LogP contribution in [-0.2, 0) is 0 Å². The van der Waals surface area contributed by atoms with Gasteiger partial charge in [-0.15, -0.1) is 0 Å². The molecule has 0 aromatic carbocycles. The highest BCUT2D eigenvalue weighted by Crippen LogP contribution is 2.62. The molecule has 3 fully saturated rings. The van der Waals surface area contributed by atoms with Crippen LogP contribution >= 0.6 is 0 Å². The molecule has 0 aromatic heterocycles. The molecule has 0 heterocycles. The molecule has 3 rings (SSSR count). The van der Waals surface area contributed by atoms with E-state index in [-0.39, 0.29) is 0 Å². The third-order valence-electron chi connectivity index (χ3n) is 7.31. The van der Waals surface area contributed by atoms with Crippen molar-refractivity contribution in [2.45, 2.75) is 97.6 Å². The van der Waals surface area contributed by atoms with Crippen LogP contribution in [0.2, 0.25) is 0 Å². The van der Waals surface area contributed by atoms with E-state index in [0.29, 0.717) is 10.8 Å². The van der Waals surface area contributed by atoms with E-state index in [4.69, 9.17) is 0 Å². The monoisotopic (exact) mass is 277 g/mol. The van der Waals surface area contributed by atoms with Crippen molar-refractivity contribution in [3.8, 4) is 0 Å². The van der Waals surface area contributed by atoms with E-state index in [1.807, 2.05) is 0 Å². The molecule has 3 aliphatic carbocycles. The Kier molecular flexibility index (Phi) is 3.95. The van der Waals surface area contributed by atoms with Crippen molar-refractivity contribution < 1.29 is 0 Å². The Balaban J connectivity index is 1.71. The minimum atomic E-state index is 0.509. The highest BCUT2D eigenvalue weighted by molar-refractivity contribution is 5.12. The molecule has 0 aromatic rings. The Hall–Kier alpha value is -0.0400. The molecule has 4 unspecified atom stereocenters. The lowest BCUT2D eigenvalue weighted by molar-refractivity contribution is 0.0833. The van der Waals surface area contributed by atoms with Crippen molar-refractivity contribution in [2.75, 3.05) is 0 Å². The molecule has 3 saturated carbocycles. The van der Waals surface area contributed by atoms with Crippen LogP contribution in [0.5, 0.6) is 0 Å². The van der Waals surface area contributed by atoms with Crippen molar-refractivity contribution in [1.29, 1.82) is 0 Å². The zero-order valence-corrected chi connectivity index (χ0v) is 14.2. The molecule has 116 valence electrons. The maximum atomic E-state index is 4.20. The largest absolute Gasteiger partial charge is 0.310 e. The number of hydrogen-bond donors (Lipinski definition) is 1. The van der Waals surface area contributed by atoms with Crippen LogP contribution < -0.4 is 5.32 Å². The molecule has 2 bridgehead atoms. The third kappa shape index (κ3) is 2.34. The highest BCUT2D eigenvalue weighted by atomic mass is 15.0. The second-order valence-electron chi connectivity index (χ2n) is 8.93. The van der Waals surface area contributed by atoms with Gasteiger partial charge in [0.1, 0.15) is 0 Å². The van der Waals surface area contributed by atoms with E-state index in [9.17, 15) is 0 Å². The topological polar surface area (TPSA) is 12.0 Å². The third-order valence-corrected chi connectivity index (χ3v) is 7.31. The Bertz CT molecular complexity index is 337. The van der Waals surface area contributed by atoms with Gasteiger partial charge in [0.15, 0.2) is 0 Å². The van der Waals surface area contributed by atoms with Gasteiger partial charge in [-0.25, -0.2) is 0 Å². The van der Waals surface area contributed by atoms with Crippen molar-refractivity contribution in [3.63, 3.8) is 0 Å². The molecule has 0 aliphatic heterocycles. The summed E-state index contributed by atoms with van der Waals surface area (Å²) in [5.41, 5.74) is 1.09. The molecule has 20 heavy (non-hydrogen) atoms. The van der Waals surface area contributed by atoms with Gasteiger partial charge >= 0.3 is 0 Å². The van der Waals surface area contributed by atoms with Gasteiger partial charge in [0.25, 0.3) is 0 Å². The first-order valence-corrected chi connectivity index (χ1v) is 9.23. The number of hydrogen-bond acceptors (Lipinski definition) is 1. The van der Waals surface area contributed by atoms with Gasteiger partial charge < -0.3 is 5.32 Å². The Morgan fingerprint density at radius 1 is 1.05 bits per heavy atom. The number of nitrogens with one attached hydrogen (secondary N) is 1. The van der Waals surface area contributed by atoms with Crippen LogP contribution in [0.25, 0.3) is 0 Å². The standard InChI is InChI=1S/C19H35N/c1-5-16(14-9-7-6-8-10-14)20-17-18(2,3)15-11-12-19(17,4)13-15/h14-17,20H,5-13H2,1-4H3. The molecular formula is C19H35N. The van der Waals surface area contributed by atoms with Gasteiger partial charge in [-0.2, -0.15) is 0 Å². The molecular weight excluding hydrogens is 242 g/mol. The van der Waals surface area contributed by atoms with E-state index >= 15 is 0 Å². The molecule has 1 nitrogen and oxygen atoms in total. The summed E-state index contributed by atoms with van der Waals surface area (Å²) in [5.74, 6) is 1.92. The minimum absolute atomic E-state index is 0.509. The van der Waals surface area contributed by atoms with E-state index in [2.05, 4.69) is 33.0 Å². The van der Waals surface area contributed by atoms with E-state index in [1.165, 1.54) is 57.8 Å². The summed E-state index contributed by atoms with van der Waals surface area (Å²) in [6, 6.07) is 1.52. The van der Waals surface area contributed by atoms with Crippen molar-refractivity contribution in [2.24, 2.45) is 22.7 Å². The fraction of sp³-hybridized carbons (Fsp3) is 1.00. The average molecular weight is 277 g/mol. The molecule has 1 heteroatoms. The molecule has 0 spiro atoms. The Morgan fingerprint density at radius 2 is 1.75 bits per heavy atom. The van der Waals surface area contributed by atoms with Gasteiger partial charge in [0, 0.05) is 12.1 Å². The molecule has 1 N–H and O–H groups in total. The quantitative estimate of drug-likeness (QED) is 0.749. The van der Waals surface area contributed by atoms with Crippen LogP contribution in [0.3, 0.4) is 0 Å². The SMILES string of the molecule is CCC(NC1C2(C)CCC(C2)C1(C)C)C1CCCCC1. The first-order valence-electron chi connectivity index (χ1n) is 9.23. The van der Waals surface area contributed by atoms with Gasteiger partial charge in [-0.1, -0.05) is 47.0 Å². The molecule has 0 saturated heterocycles. The maximum Gasteiger partial charge on any atom is 0.0177 e. The average Bonchev–Trinajstić information content (AvgIpc) is 2.91. The first-order chi connectivity index (χ1) is 9.47. The lowest BCUT2D eigenvalue weighted by Gasteiger charge is -2.46. The van der Waals surface area contributed by atoms with Crippen LogP contribution in [-0.4, -0.2) is 12.1 Å². The zero-order valence-electron chi connectivity index (χ0n) is 14.2. The highest BCUT2D eigenvalue weighted by Gasteiger charge is 2.59.